The third-order valence-electron chi connectivity index (χ3n) is 6.24. The number of anilines is 1. The molecule has 1 saturated heterocycles. The Morgan fingerprint density at radius 1 is 1.00 bits per heavy atom. The average Bonchev–Trinajstić information content (AvgIpc) is 3.31. The summed E-state index contributed by atoms with van der Waals surface area (Å²) in [6.07, 6.45) is 1.66. The van der Waals surface area contributed by atoms with Crippen molar-refractivity contribution in [1.29, 1.82) is 0 Å². The van der Waals surface area contributed by atoms with Crippen LogP contribution in [-0.2, 0) is 0 Å². The van der Waals surface area contributed by atoms with Crippen LogP contribution in [0.1, 0.15) is 11.6 Å². The highest BCUT2D eigenvalue weighted by atomic mass is 32.1. The van der Waals surface area contributed by atoms with E-state index in [1.54, 1.807) is 24.8 Å². The lowest BCUT2D eigenvalue weighted by Crippen LogP contribution is -2.46. The lowest BCUT2D eigenvalue weighted by Gasteiger charge is -2.35. The molecule has 0 amide bonds. The van der Waals surface area contributed by atoms with E-state index in [0.29, 0.717) is 0 Å². The van der Waals surface area contributed by atoms with Crippen LogP contribution in [0.25, 0.3) is 20.7 Å². The molecule has 2 aromatic carbocycles. The van der Waals surface area contributed by atoms with Crippen molar-refractivity contribution in [2.24, 2.45) is 0 Å². The third kappa shape index (κ3) is 5.00. The monoisotopic (exact) mass is 459 g/mol. The zero-order chi connectivity index (χ0) is 22.6. The number of ether oxygens (including phenoxy) is 1. The molecule has 1 unspecified atom stereocenters. The summed E-state index contributed by atoms with van der Waals surface area (Å²) in [5, 5.41) is 3.76. The summed E-state index contributed by atoms with van der Waals surface area (Å²) in [5.74, 6) is 1.75. The number of hydrogen-bond acceptors (Lipinski definition) is 7. The van der Waals surface area contributed by atoms with Gasteiger partial charge in [-0.15, -0.1) is 11.3 Å². The lowest BCUT2D eigenvalue weighted by atomic mass is 10.1. The first-order chi connectivity index (χ1) is 16.2. The Morgan fingerprint density at radius 2 is 1.76 bits per heavy atom. The molecule has 0 spiro atoms. The Hall–Kier alpha value is -3.00. The first-order valence-corrected chi connectivity index (χ1v) is 12.1. The van der Waals surface area contributed by atoms with Crippen LogP contribution in [0.2, 0.25) is 0 Å². The minimum atomic E-state index is 0.152. The molecule has 0 bridgehead atoms. The highest BCUT2D eigenvalue weighted by Crippen LogP contribution is 2.37. The van der Waals surface area contributed by atoms with Gasteiger partial charge in [0.15, 0.2) is 0 Å². The fourth-order valence-electron chi connectivity index (χ4n) is 4.23. The summed E-state index contributed by atoms with van der Waals surface area (Å²) < 4.78 is 6.39. The maximum absolute atomic E-state index is 5.30. The smallest absolute Gasteiger partial charge is 0.147 e. The van der Waals surface area contributed by atoms with Crippen LogP contribution in [0, 0.1) is 0 Å². The van der Waals surface area contributed by atoms with Crippen molar-refractivity contribution in [2.75, 3.05) is 52.2 Å². The molecule has 6 nitrogen and oxygen atoms in total. The number of piperazine rings is 1. The molecule has 1 N–H and O–H groups in total. The molecule has 1 atom stereocenters. The molecule has 1 aliphatic rings. The second-order valence-electron chi connectivity index (χ2n) is 8.49. The van der Waals surface area contributed by atoms with E-state index in [1.165, 1.54) is 10.4 Å². The topological polar surface area (TPSA) is 53.5 Å². The largest absolute Gasteiger partial charge is 0.497 e. The van der Waals surface area contributed by atoms with Crippen molar-refractivity contribution in [3.63, 3.8) is 0 Å². The zero-order valence-corrected chi connectivity index (χ0v) is 19.9. The van der Waals surface area contributed by atoms with Crippen molar-refractivity contribution < 1.29 is 4.74 Å². The van der Waals surface area contributed by atoms with Gasteiger partial charge in [-0.25, -0.2) is 9.97 Å². The fourth-order valence-corrected chi connectivity index (χ4v) is 5.30. The molecule has 1 aliphatic heterocycles. The van der Waals surface area contributed by atoms with Crippen molar-refractivity contribution >= 4 is 27.4 Å². The van der Waals surface area contributed by atoms with E-state index in [4.69, 9.17) is 4.74 Å². The van der Waals surface area contributed by atoms with Gasteiger partial charge in [0.25, 0.3) is 0 Å². The Bertz CT molecular complexity index is 1190. The molecule has 0 radical (unpaired) electrons. The number of thiophene rings is 1. The van der Waals surface area contributed by atoms with Crippen LogP contribution in [0.15, 0.2) is 67.0 Å². The van der Waals surface area contributed by atoms with Gasteiger partial charge < -0.3 is 15.0 Å². The number of benzene rings is 2. The standard InChI is InChI=1S/C26H29N5OS/c1-30-12-14-31(15-13-30)17-23(19-6-4-3-5-7-19)29-26-25-22(27-18-28-26)16-24(33-25)20-8-10-21(32-2)11-9-20/h3-11,16,18,23H,12-15,17H2,1-2H3,(H,27,28,29). The number of fused-ring (bicyclic) bond motifs is 1. The van der Waals surface area contributed by atoms with Crippen molar-refractivity contribution in [1.82, 2.24) is 19.8 Å². The predicted octanol–water partition coefficient (Wildman–Crippen LogP) is 4.77. The van der Waals surface area contributed by atoms with E-state index < -0.39 is 0 Å². The maximum atomic E-state index is 5.30. The Balaban J connectivity index is 1.43. The Labute approximate surface area is 198 Å². The van der Waals surface area contributed by atoms with Crippen molar-refractivity contribution in [3.05, 3.63) is 72.6 Å². The van der Waals surface area contributed by atoms with Gasteiger partial charge in [-0.05, 0) is 48.5 Å². The van der Waals surface area contributed by atoms with Gasteiger partial charge in [0.05, 0.1) is 23.4 Å². The quantitative estimate of drug-likeness (QED) is 0.430. The molecule has 7 heteroatoms. The SMILES string of the molecule is COc1ccc(-c2cc3ncnc(NC(CN4CCN(C)CC4)c4ccccc4)c3s2)cc1. The molecule has 0 saturated carbocycles. The average molecular weight is 460 g/mol. The first-order valence-electron chi connectivity index (χ1n) is 11.3. The highest BCUT2D eigenvalue weighted by molar-refractivity contribution is 7.22. The molecule has 0 aliphatic carbocycles. The summed E-state index contributed by atoms with van der Waals surface area (Å²) in [4.78, 5) is 15.3. The van der Waals surface area contributed by atoms with Gasteiger partial charge >= 0.3 is 0 Å². The van der Waals surface area contributed by atoms with E-state index >= 15 is 0 Å². The molecule has 4 aromatic rings. The molecule has 33 heavy (non-hydrogen) atoms. The van der Waals surface area contributed by atoms with E-state index in [0.717, 1.165) is 60.1 Å². The molecule has 2 aromatic heterocycles. The van der Waals surface area contributed by atoms with Crippen LogP contribution in [0.3, 0.4) is 0 Å². The minimum absolute atomic E-state index is 0.152. The number of methoxy groups -OCH3 is 1. The van der Waals surface area contributed by atoms with Crippen molar-refractivity contribution in [2.45, 2.75) is 6.04 Å². The number of nitrogens with zero attached hydrogens (tertiary/aromatic N) is 4. The van der Waals surface area contributed by atoms with Crippen LogP contribution in [-0.4, -0.2) is 66.6 Å². The maximum Gasteiger partial charge on any atom is 0.147 e. The van der Waals surface area contributed by atoms with Gasteiger partial charge in [-0.1, -0.05) is 30.3 Å². The van der Waals surface area contributed by atoms with Gasteiger partial charge in [0.1, 0.15) is 17.9 Å². The Kier molecular flexibility index (Phi) is 6.53. The highest BCUT2D eigenvalue weighted by Gasteiger charge is 2.21. The van der Waals surface area contributed by atoms with Crippen LogP contribution < -0.4 is 10.1 Å². The second kappa shape index (κ2) is 9.87. The van der Waals surface area contributed by atoms with E-state index in [-0.39, 0.29) is 6.04 Å². The predicted molar refractivity (Wildman–Crippen MR) is 136 cm³/mol. The number of aromatic nitrogens is 2. The number of likely N-dealkylation sites (N-methyl/N-ethyl adjacent to an activating group) is 1. The van der Waals surface area contributed by atoms with Gasteiger partial charge in [0.2, 0.25) is 0 Å². The summed E-state index contributed by atoms with van der Waals surface area (Å²) in [6, 6.07) is 21.1. The van der Waals surface area contributed by atoms with Gasteiger partial charge in [-0.3, -0.25) is 4.90 Å². The number of rotatable bonds is 7. The normalized spacial score (nSPS) is 16.1. The van der Waals surface area contributed by atoms with Crippen molar-refractivity contribution in [3.8, 4) is 16.2 Å². The lowest BCUT2D eigenvalue weighted by molar-refractivity contribution is 0.149. The molecule has 5 rings (SSSR count). The summed E-state index contributed by atoms with van der Waals surface area (Å²) in [6.45, 7) is 5.33. The Morgan fingerprint density at radius 3 is 2.48 bits per heavy atom. The van der Waals surface area contributed by atoms with Crippen LogP contribution in [0.4, 0.5) is 5.82 Å². The molecule has 170 valence electrons. The van der Waals surface area contributed by atoms with Gasteiger partial charge in [0, 0.05) is 37.6 Å². The van der Waals surface area contributed by atoms with E-state index in [2.05, 4.69) is 80.7 Å². The number of nitrogens with one attached hydrogen (secondary N) is 1. The summed E-state index contributed by atoms with van der Waals surface area (Å²) in [7, 11) is 3.88. The van der Waals surface area contributed by atoms with E-state index in [1.807, 2.05) is 12.1 Å². The van der Waals surface area contributed by atoms with E-state index in [9.17, 15) is 0 Å². The summed E-state index contributed by atoms with van der Waals surface area (Å²) in [5.41, 5.74) is 3.40. The third-order valence-corrected chi connectivity index (χ3v) is 7.42. The molecule has 3 heterocycles. The van der Waals surface area contributed by atoms with Crippen LogP contribution >= 0.6 is 11.3 Å². The minimum Gasteiger partial charge on any atom is -0.497 e. The molecular formula is C26H29N5OS. The summed E-state index contributed by atoms with van der Waals surface area (Å²) >= 11 is 1.73. The fraction of sp³-hybridized carbons (Fsp3) is 0.308. The van der Waals surface area contributed by atoms with Crippen LogP contribution in [0.5, 0.6) is 5.75 Å². The van der Waals surface area contributed by atoms with Gasteiger partial charge in [-0.2, -0.15) is 0 Å². The first kappa shape index (κ1) is 21.8. The second-order valence-corrected chi connectivity index (χ2v) is 9.54. The zero-order valence-electron chi connectivity index (χ0n) is 19.1. The molecule has 1 fully saturated rings. The molecular weight excluding hydrogens is 430 g/mol. The number of hydrogen-bond donors (Lipinski definition) is 1.